The van der Waals surface area contributed by atoms with E-state index in [0.29, 0.717) is 14.5 Å². The summed E-state index contributed by atoms with van der Waals surface area (Å²) >= 11 is 4.35. The Morgan fingerprint density at radius 2 is 2.12 bits per heavy atom. The first-order valence-corrected chi connectivity index (χ1v) is 6.10. The molecule has 7 heteroatoms. The molecule has 0 aliphatic rings. The van der Waals surface area contributed by atoms with Crippen LogP contribution in [0, 0.1) is 0 Å². The van der Waals surface area contributed by atoms with Crippen molar-refractivity contribution in [3.05, 3.63) is 40.9 Å². The van der Waals surface area contributed by atoms with Crippen molar-refractivity contribution in [1.29, 1.82) is 0 Å². The van der Waals surface area contributed by atoms with Crippen LogP contribution in [0.15, 0.2) is 45.4 Å². The van der Waals surface area contributed by atoms with E-state index in [2.05, 4.69) is 30.9 Å². The van der Waals surface area contributed by atoms with Gasteiger partial charge in [-0.1, -0.05) is 0 Å². The summed E-state index contributed by atoms with van der Waals surface area (Å²) in [6.45, 7) is 0. The Bertz CT molecular complexity index is 551. The van der Waals surface area contributed by atoms with Gasteiger partial charge in [-0.15, -0.1) is 0 Å². The smallest absolute Gasteiger partial charge is 0.338 e. The Morgan fingerprint density at radius 3 is 2.76 bits per heavy atom. The molecule has 0 fully saturated rings. The van der Waals surface area contributed by atoms with Gasteiger partial charge in [0.25, 0.3) is 0 Å². The number of rotatable bonds is 3. The molecule has 0 aliphatic carbocycles. The van der Waals surface area contributed by atoms with Crippen molar-refractivity contribution >= 4 is 33.7 Å². The highest BCUT2D eigenvalue weighted by Gasteiger charge is 2.13. The van der Waals surface area contributed by atoms with Crippen LogP contribution in [0.25, 0.3) is 0 Å². The molecule has 1 N–H and O–H groups in total. The zero-order valence-corrected chi connectivity index (χ0v) is 10.8. The van der Waals surface area contributed by atoms with Gasteiger partial charge in [-0.3, -0.25) is 4.98 Å². The van der Waals surface area contributed by atoms with E-state index >= 15 is 0 Å². The molecule has 0 aliphatic heterocycles. The second-order valence-electron chi connectivity index (χ2n) is 2.96. The van der Waals surface area contributed by atoms with Gasteiger partial charge in [-0.2, -0.15) is 0 Å². The molecule has 86 valence electrons. The largest absolute Gasteiger partial charge is 0.478 e. The van der Waals surface area contributed by atoms with Crippen molar-refractivity contribution in [2.75, 3.05) is 0 Å². The average Bonchev–Trinajstić information content (AvgIpc) is 2.32. The summed E-state index contributed by atoms with van der Waals surface area (Å²) in [5.41, 5.74) is 0.134. The van der Waals surface area contributed by atoms with Crippen LogP contribution in [0.3, 0.4) is 0 Å². The summed E-state index contributed by atoms with van der Waals surface area (Å²) in [5, 5.41) is 10.0. The maximum atomic E-state index is 11.1. The number of carboxylic acids is 1. The zero-order chi connectivity index (χ0) is 12.3. The van der Waals surface area contributed by atoms with Gasteiger partial charge in [0.15, 0.2) is 0 Å². The molecule has 0 bridgehead atoms. The van der Waals surface area contributed by atoms with E-state index in [9.17, 15) is 4.79 Å². The number of aromatic nitrogens is 3. The minimum Gasteiger partial charge on any atom is -0.478 e. The van der Waals surface area contributed by atoms with E-state index in [-0.39, 0.29) is 5.56 Å². The normalized spacial score (nSPS) is 10.2. The molecule has 17 heavy (non-hydrogen) atoms. The van der Waals surface area contributed by atoms with Gasteiger partial charge in [-0.05, 0) is 33.8 Å². The molecule has 0 spiro atoms. The van der Waals surface area contributed by atoms with Gasteiger partial charge in [0.2, 0.25) is 0 Å². The lowest BCUT2D eigenvalue weighted by molar-refractivity contribution is 0.0692. The van der Waals surface area contributed by atoms with E-state index in [0.717, 1.165) is 11.8 Å². The quantitative estimate of drug-likeness (QED) is 0.938. The summed E-state index contributed by atoms with van der Waals surface area (Å²) in [5.74, 6) is -1.02. The van der Waals surface area contributed by atoms with Crippen molar-refractivity contribution in [2.45, 2.75) is 10.1 Å². The molecule has 0 radical (unpaired) electrons. The Balaban J connectivity index is 2.36. The fourth-order valence-corrected chi connectivity index (χ4v) is 2.22. The molecule has 0 saturated carbocycles. The van der Waals surface area contributed by atoms with Gasteiger partial charge >= 0.3 is 5.97 Å². The number of carboxylic acid groups (broad SMARTS) is 1. The van der Waals surface area contributed by atoms with Crippen LogP contribution in [0.2, 0.25) is 0 Å². The highest BCUT2D eigenvalue weighted by Crippen LogP contribution is 2.28. The predicted molar refractivity (Wildman–Crippen MR) is 65.1 cm³/mol. The fraction of sp³-hybridized carbons (Fsp3) is 0. The third kappa shape index (κ3) is 3.01. The predicted octanol–water partition coefficient (Wildman–Crippen LogP) is 2.48. The molecule has 2 heterocycles. The van der Waals surface area contributed by atoms with Crippen molar-refractivity contribution in [3.8, 4) is 0 Å². The molecule has 0 unspecified atom stereocenters. The third-order valence-corrected chi connectivity index (χ3v) is 3.16. The second-order valence-corrected chi connectivity index (χ2v) is 4.88. The minimum atomic E-state index is -1.02. The summed E-state index contributed by atoms with van der Waals surface area (Å²) in [6, 6.07) is 1.51. The summed E-state index contributed by atoms with van der Waals surface area (Å²) in [4.78, 5) is 23.1. The molecule has 0 saturated heterocycles. The lowest BCUT2D eigenvalue weighted by Crippen LogP contribution is -2.01. The lowest BCUT2D eigenvalue weighted by atomic mass is 10.3. The van der Waals surface area contributed by atoms with Gasteiger partial charge in [0, 0.05) is 23.1 Å². The maximum absolute atomic E-state index is 11.1. The van der Waals surface area contributed by atoms with Crippen LogP contribution < -0.4 is 0 Å². The molecular formula is C10H6BrN3O2S. The first-order valence-electron chi connectivity index (χ1n) is 4.49. The number of hydrogen-bond donors (Lipinski definition) is 1. The highest BCUT2D eigenvalue weighted by molar-refractivity contribution is 9.10. The molecule has 5 nitrogen and oxygen atoms in total. The lowest BCUT2D eigenvalue weighted by Gasteiger charge is -2.03. The molecule has 2 aromatic rings. The monoisotopic (exact) mass is 311 g/mol. The van der Waals surface area contributed by atoms with Crippen LogP contribution in [0.1, 0.15) is 10.4 Å². The van der Waals surface area contributed by atoms with E-state index in [4.69, 9.17) is 5.11 Å². The van der Waals surface area contributed by atoms with Gasteiger partial charge in [0.1, 0.15) is 10.1 Å². The van der Waals surface area contributed by atoms with Crippen molar-refractivity contribution in [3.63, 3.8) is 0 Å². The molecule has 2 rings (SSSR count). The Hall–Kier alpha value is -1.47. The number of nitrogens with zero attached hydrogens (tertiary/aromatic N) is 3. The first-order chi connectivity index (χ1) is 8.16. The Morgan fingerprint density at radius 1 is 1.29 bits per heavy atom. The third-order valence-electron chi connectivity index (χ3n) is 1.79. The van der Waals surface area contributed by atoms with Crippen molar-refractivity contribution < 1.29 is 9.90 Å². The van der Waals surface area contributed by atoms with E-state index in [1.54, 1.807) is 24.8 Å². The minimum absolute atomic E-state index is 0.134. The van der Waals surface area contributed by atoms with Crippen LogP contribution in [-0.4, -0.2) is 26.0 Å². The van der Waals surface area contributed by atoms with Crippen molar-refractivity contribution in [1.82, 2.24) is 15.0 Å². The maximum Gasteiger partial charge on any atom is 0.338 e. The van der Waals surface area contributed by atoms with Gasteiger partial charge < -0.3 is 5.11 Å². The van der Waals surface area contributed by atoms with E-state index < -0.39 is 5.97 Å². The number of pyridine rings is 1. The standard InChI is InChI=1S/C10H6BrN3O2S/c11-6-3-7(10(15)16)9(14-4-6)17-8-5-12-1-2-13-8/h1-5H,(H,15,16). The van der Waals surface area contributed by atoms with Gasteiger partial charge in [0.05, 0.1) is 11.8 Å². The Kier molecular flexibility index (Phi) is 3.70. The molecule has 0 amide bonds. The number of carbonyl (C=O) groups is 1. The van der Waals surface area contributed by atoms with Crippen molar-refractivity contribution in [2.24, 2.45) is 0 Å². The molecule has 0 aromatic carbocycles. The SMILES string of the molecule is O=C(O)c1cc(Br)cnc1Sc1cnccn1. The molecular weight excluding hydrogens is 306 g/mol. The number of halogens is 1. The average molecular weight is 312 g/mol. The summed E-state index contributed by atoms with van der Waals surface area (Å²) in [7, 11) is 0. The Labute approximate surface area is 109 Å². The molecule has 0 atom stereocenters. The topological polar surface area (TPSA) is 76.0 Å². The number of aromatic carboxylic acids is 1. The number of hydrogen-bond acceptors (Lipinski definition) is 5. The first kappa shape index (κ1) is 12.0. The highest BCUT2D eigenvalue weighted by atomic mass is 79.9. The van der Waals surface area contributed by atoms with Crippen LogP contribution in [0.4, 0.5) is 0 Å². The van der Waals surface area contributed by atoms with Crippen LogP contribution in [0.5, 0.6) is 0 Å². The second kappa shape index (κ2) is 5.24. The zero-order valence-electron chi connectivity index (χ0n) is 8.37. The fourth-order valence-electron chi connectivity index (χ4n) is 1.10. The summed E-state index contributed by atoms with van der Waals surface area (Å²) in [6.07, 6.45) is 6.20. The van der Waals surface area contributed by atoms with Gasteiger partial charge in [-0.25, -0.2) is 14.8 Å². The summed E-state index contributed by atoms with van der Waals surface area (Å²) < 4.78 is 0.624. The molecule has 2 aromatic heterocycles. The van der Waals surface area contributed by atoms with E-state index in [1.807, 2.05) is 0 Å². The van der Waals surface area contributed by atoms with Crippen LogP contribution >= 0.6 is 27.7 Å². The van der Waals surface area contributed by atoms with Crippen LogP contribution in [-0.2, 0) is 0 Å². The van der Waals surface area contributed by atoms with E-state index in [1.165, 1.54) is 6.07 Å².